The van der Waals surface area contributed by atoms with Gasteiger partial charge in [-0.05, 0) is 55.3 Å². The summed E-state index contributed by atoms with van der Waals surface area (Å²) in [5.41, 5.74) is 0.160. The minimum atomic E-state index is -3.93. The van der Waals surface area contributed by atoms with E-state index in [0.717, 1.165) is 12.8 Å². The van der Waals surface area contributed by atoms with Gasteiger partial charge in [-0.1, -0.05) is 0 Å². The number of hydrogen-bond acceptors (Lipinski definition) is 8. The van der Waals surface area contributed by atoms with Crippen molar-refractivity contribution < 1.29 is 35.8 Å². The van der Waals surface area contributed by atoms with Crippen molar-refractivity contribution >= 4 is 26.0 Å². The van der Waals surface area contributed by atoms with E-state index < -0.39 is 20.0 Å². The Morgan fingerprint density at radius 3 is 2.24 bits per heavy atom. The molecule has 0 aliphatic carbocycles. The van der Waals surface area contributed by atoms with Crippen molar-refractivity contribution in [3.63, 3.8) is 0 Å². The molecule has 0 saturated carbocycles. The van der Waals surface area contributed by atoms with Crippen molar-refractivity contribution in [3.05, 3.63) is 48.0 Å². The number of hydrogen-bond donors (Lipinski definition) is 1. The number of carbonyl (C=O) groups is 1. The van der Waals surface area contributed by atoms with Crippen LogP contribution in [0.4, 0.5) is 0 Å². The van der Waals surface area contributed by atoms with Crippen molar-refractivity contribution in [1.82, 2.24) is 13.9 Å². The first-order valence-corrected chi connectivity index (χ1v) is 14.9. The molecule has 202 valence electrons. The van der Waals surface area contributed by atoms with Gasteiger partial charge in [0.15, 0.2) is 0 Å². The van der Waals surface area contributed by atoms with Crippen LogP contribution in [0.25, 0.3) is 0 Å². The normalized spacial score (nSPS) is 17.1. The highest BCUT2D eigenvalue weighted by Gasteiger charge is 2.27. The summed E-state index contributed by atoms with van der Waals surface area (Å²) in [5, 5.41) is 0. The highest BCUT2D eigenvalue weighted by molar-refractivity contribution is 7.89. The van der Waals surface area contributed by atoms with Crippen molar-refractivity contribution in [1.29, 1.82) is 0 Å². The van der Waals surface area contributed by atoms with E-state index in [2.05, 4.69) is 4.72 Å². The van der Waals surface area contributed by atoms with Gasteiger partial charge in [0.2, 0.25) is 20.0 Å². The summed E-state index contributed by atoms with van der Waals surface area (Å²) >= 11 is 0. The highest BCUT2D eigenvalue weighted by Crippen LogP contribution is 2.25. The predicted octanol–water partition coefficient (Wildman–Crippen LogP) is 1.31. The van der Waals surface area contributed by atoms with Crippen LogP contribution >= 0.6 is 0 Å². The van der Waals surface area contributed by atoms with E-state index in [4.69, 9.17) is 14.2 Å². The standard InChI is InChI=1S/C24H31N3O8S2/c1-33-23-9-8-21(18-22(23)24(28)26-13-16-34-17-14-26)36(29,30)25-10-15-35-19-4-6-20(7-5-19)37(31,32)27-11-2-3-12-27/h4-9,18,25H,2-3,10-17H2,1H3. The van der Waals surface area contributed by atoms with E-state index in [1.165, 1.54) is 41.7 Å². The lowest BCUT2D eigenvalue weighted by Crippen LogP contribution is -2.40. The molecule has 1 amide bonds. The number of methoxy groups -OCH3 is 1. The number of nitrogens with one attached hydrogen (secondary N) is 1. The number of ether oxygens (including phenoxy) is 3. The second-order valence-corrected chi connectivity index (χ2v) is 12.3. The Kier molecular flexibility index (Phi) is 8.70. The lowest BCUT2D eigenvalue weighted by molar-refractivity contribution is 0.0300. The van der Waals surface area contributed by atoms with Gasteiger partial charge in [0.1, 0.15) is 18.1 Å². The minimum Gasteiger partial charge on any atom is -0.496 e. The summed E-state index contributed by atoms with van der Waals surface area (Å²) in [7, 11) is -6.02. The molecule has 2 aromatic carbocycles. The molecule has 13 heteroatoms. The quantitative estimate of drug-likeness (QED) is 0.436. The molecule has 0 bridgehead atoms. The minimum absolute atomic E-state index is 0.0210. The number of rotatable bonds is 10. The van der Waals surface area contributed by atoms with Gasteiger partial charge in [0.25, 0.3) is 5.91 Å². The van der Waals surface area contributed by atoms with Crippen LogP contribution in [0.3, 0.4) is 0 Å². The van der Waals surface area contributed by atoms with Gasteiger partial charge in [-0.15, -0.1) is 0 Å². The number of sulfonamides is 2. The van der Waals surface area contributed by atoms with E-state index >= 15 is 0 Å². The first-order chi connectivity index (χ1) is 17.7. The van der Waals surface area contributed by atoms with Crippen LogP contribution < -0.4 is 14.2 Å². The zero-order valence-electron chi connectivity index (χ0n) is 20.6. The van der Waals surface area contributed by atoms with Crippen molar-refractivity contribution in [3.8, 4) is 11.5 Å². The largest absolute Gasteiger partial charge is 0.496 e. The van der Waals surface area contributed by atoms with Gasteiger partial charge in [0, 0.05) is 32.7 Å². The first kappa shape index (κ1) is 27.3. The number of amides is 1. The molecule has 37 heavy (non-hydrogen) atoms. The Balaban J connectivity index is 1.35. The van der Waals surface area contributed by atoms with E-state index in [-0.39, 0.29) is 40.2 Å². The maximum atomic E-state index is 13.0. The molecule has 2 aromatic rings. The fourth-order valence-electron chi connectivity index (χ4n) is 4.17. The lowest BCUT2D eigenvalue weighted by Gasteiger charge is -2.27. The summed E-state index contributed by atoms with van der Waals surface area (Å²) in [6.07, 6.45) is 1.72. The molecule has 0 spiro atoms. The van der Waals surface area contributed by atoms with Crippen LogP contribution in [-0.4, -0.2) is 91.6 Å². The molecule has 0 aromatic heterocycles. The average Bonchev–Trinajstić information content (AvgIpc) is 3.47. The van der Waals surface area contributed by atoms with Crippen molar-refractivity contribution in [2.75, 3.05) is 59.7 Å². The highest BCUT2D eigenvalue weighted by atomic mass is 32.2. The van der Waals surface area contributed by atoms with E-state index in [0.29, 0.717) is 45.1 Å². The summed E-state index contributed by atoms with van der Waals surface area (Å²) < 4.78 is 71.0. The average molecular weight is 554 g/mol. The molecule has 1 N–H and O–H groups in total. The number of benzene rings is 2. The third-order valence-electron chi connectivity index (χ3n) is 6.20. The number of nitrogens with zero attached hydrogens (tertiary/aromatic N) is 2. The molecule has 11 nitrogen and oxygen atoms in total. The first-order valence-electron chi connectivity index (χ1n) is 12.0. The molecule has 0 radical (unpaired) electrons. The van der Waals surface area contributed by atoms with Gasteiger partial charge >= 0.3 is 0 Å². The van der Waals surface area contributed by atoms with Crippen LogP contribution in [-0.2, 0) is 24.8 Å². The van der Waals surface area contributed by atoms with Crippen molar-refractivity contribution in [2.24, 2.45) is 0 Å². The molecule has 2 aliphatic rings. The number of carbonyl (C=O) groups excluding carboxylic acids is 1. The smallest absolute Gasteiger partial charge is 0.257 e. The Morgan fingerprint density at radius 1 is 0.946 bits per heavy atom. The third-order valence-corrected chi connectivity index (χ3v) is 9.57. The molecule has 0 atom stereocenters. The van der Waals surface area contributed by atoms with Gasteiger partial charge in [-0.25, -0.2) is 21.6 Å². The molecule has 0 unspecified atom stereocenters. The van der Waals surface area contributed by atoms with Crippen LogP contribution in [0.2, 0.25) is 0 Å². The van der Waals surface area contributed by atoms with Gasteiger partial charge in [-0.3, -0.25) is 4.79 Å². The molecule has 2 heterocycles. The summed E-state index contributed by atoms with van der Waals surface area (Å²) in [6, 6.07) is 10.2. The number of morpholine rings is 1. The van der Waals surface area contributed by atoms with Gasteiger partial charge in [-0.2, -0.15) is 4.31 Å². The summed E-state index contributed by atoms with van der Waals surface area (Å²) in [6.45, 7) is 2.71. The van der Waals surface area contributed by atoms with E-state index in [1.54, 1.807) is 17.0 Å². The fourth-order valence-corrected chi connectivity index (χ4v) is 6.73. The molecule has 2 fully saturated rings. The Hall–Kier alpha value is -2.71. The maximum absolute atomic E-state index is 13.0. The topological polar surface area (TPSA) is 132 Å². The van der Waals surface area contributed by atoms with E-state index in [1.807, 2.05) is 0 Å². The SMILES string of the molecule is COc1ccc(S(=O)(=O)NCCOc2ccc(S(=O)(=O)N3CCCC3)cc2)cc1C(=O)N1CCOCC1. The lowest BCUT2D eigenvalue weighted by atomic mass is 10.1. The predicted molar refractivity (Wildman–Crippen MR) is 135 cm³/mol. The third kappa shape index (κ3) is 6.41. The maximum Gasteiger partial charge on any atom is 0.257 e. The molecular weight excluding hydrogens is 522 g/mol. The summed E-state index contributed by atoms with van der Waals surface area (Å²) in [5.74, 6) is 0.382. The molecule has 4 rings (SSSR count). The second-order valence-electron chi connectivity index (χ2n) is 8.60. The molecular formula is C24H31N3O8S2. The molecule has 2 aliphatic heterocycles. The Bertz CT molecular complexity index is 1300. The Morgan fingerprint density at radius 2 is 1.59 bits per heavy atom. The Labute approximate surface area is 217 Å². The monoisotopic (exact) mass is 553 g/mol. The zero-order valence-corrected chi connectivity index (χ0v) is 22.2. The van der Waals surface area contributed by atoms with E-state index in [9.17, 15) is 21.6 Å². The fraction of sp³-hybridized carbons (Fsp3) is 0.458. The molecule has 2 saturated heterocycles. The van der Waals surface area contributed by atoms with Crippen LogP contribution in [0.15, 0.2) is 52.3 Å². The van der Waals surface area contributed by atoms with Gasteiger partial charge < -0.3 is 19.1 Å². The second kappa shape index (κ2) is 11.8. The van der Waals surface area contributed by atoms with Crippen LogP contribution in [0.5, 0.6) is 11.5 Å². The summed E-state index contributed by atoms with van der Waals surface area (Å²) in [4.78, 5) is 14.7. The van der Waals surface area contributed by atoms with Crippen molar-refractivity contribution in [2.45, 2.75) is 22.6 Å². The zero-order chi connectivity index (χ0) is 26.5. The van der Waals surface area contributed by atoms with Gasteiger partial charge in [0.05, 0.1) is 35.7 Å². The van der Waals surface area contributed by atoms with Crippen LogP contribution in [0, 0.1) is 0 Å². The van der Waals surface area contributed by atoms with Crippen LogP contribution in [0.1, 0.15) is 23.2 Å².